The lowest BCUT2D eigenvalue weighted by molar-refractivity contribution is 0.0905. The Hall–Kier alpha value is -1.42. The number of carbonyl (C=O) groups excluding carboxylic acids is 1. The van der Waals surface area contributed by atoms with Gasteiger partial charge in [-0.3, -0.25) is 9.78 Å². The third kappa shape index (κ3) is 3.31. The number of carbonyl (C=O) groups is 1. The Labute approximate surface area is 96.3 Å². The summed E-state index contributed by atoms with van der Waals surface area (Å²) in [6, 6.07) is 3.43. The van der Waals surface area contributed by atoms with Crippen molar-refractivity contribution in [3.63, 3.8) is 0 Å². The van der Waals surface area contributed by atoms with Gasteiger partial charge >= 0.3 is 0 Å². The highest BCUT2D eigenvalue weighted by atomic mass is 16.1. The summed E-state index contributed by atoms with van der Waals surface area (Å²) in [6.07, 6.45) is 3.19. The van der Waals surface area contributed by atoms with E-state index in [1.165, 1.54) is 0 Å². The van der Waals surface area contributed by atoms with Crippen LogP contribution in [0.1, 0.15) is 31.1 Å². The minimum Gasteiger partial charge on any atom is -0.347 e. The first-order chi connectivity index (χ1) is 7.45. The number of pyridine rings is 1. The molecule has 0 aliphatic rings. The lowest BCUT2D eigenvalue weighted by Crippen LogP contribution is -2.48. The number of aromatic nitrogens is 1. The summed E-state index contributed by atoms with van der Waals surface area (Å²) < 4.78 is 0. The fourth-order valence-electron chi connectivity index (χ4n) is 1.37. The van der Waals surface area contributed by atoms with Gasteiger partial charge in [0.25, 0.3) is 5.91 Å². The summed E-state index contributed by atoms with van der Waals surface area (Å²) in [5.41, 5.74) is 6.17. The smallest absolute Gasteiger partial charge is 0.253 e. The number of rotatable bonds is 3. The van der Waals surface area contributed by atoms with Gasteiger partial charge in [-0.2, -0.15) is 0 Å². The molecule has 0 fully saturated rings. The van der Waals surface area contributed by atoms with Crippen molar-refractivity contribution in [2.24, 2.45) is 11.1 Å². The van der Waals surface area contributed by atoms with Crippen LogP contribution in [0.4, 0.5) is 0 Å². The number of nitrogens with zero attached hydrogens (tertiary/aromatic N) is 1. The van der Waals surface area contributed by atoms with Crippen LogP contribution < -0.4 is 11.1 Å². The molecule has 0 saturated carbocycles. The third-order valence-electron chi connectivity index (χ3n) is 2.51. The Morgan fingerprint density at radius 1 is 1.56 bits per heavy atom. The van der Waals surface area contributed by atoms with Gasteiger partial charge in [-0.15, -0.1) is 0 Å². The lowest BCUT2D eigenvalue weighted by Gasteiger charge is -2.30. The first-order valence-electron chi connectivity index (χ1n) is 5.36. The van der Waals surface area contributed by atoms with Crippen molar-refractivity contribution in [1.29, 1.82) is 0 Å². The van der Waals surface area contributed by atoms with Crippen molar-refractivity contribution in [3.05, 3.63) is 30.1 Å². The monoisotopic (exact) mass is 221 g/mol. The Morgan fingerprint density at radius 2 is 2.25 bits per heavy atom. The summed E-state index contributed by atoms with van der Waals surface area (Å²) in [7, 11) is 0. The van der Waals surface area contributed by atoms with Crippen molar-refractivity contribution in [2.75, 3.05) is 6.54 Å². The molecule has 0 aliphatic heterocycles. The molecule has 3 N–H and O–H groups in total. The van der Waals surface area contributed by atoms with Crippen LogP contribution in [0, 0.1) is 5.41 Å². The largest absolute Gasteiger partial charge is 0.347 e. The zero-order valence-corrected chi connectivity index (χ0v) is 10.0. The summed E-state index contributed by atoms with van der Waals surface area (Å²) >= 11 is 0. The highest BCUT2D eigenvalue weighted by Gasteiger charge is 2.25. The Balaban J connectivity index is 2.71. The molecule has 4 heteroatoms. The van der Waals surface area contributed by atoms with Gasteiger partial charge < -0.3 is 11.1 Å². The normalized spacial score (nSPS) is 13.2. The molecule has 1 atom stereocenters. The molecule has 0 aliphatic carbocycles. The summed E-state index contributed by atoms with van der Waals surface area (Å²) in [6.45, 7) is 6.58. The van der Waals surface area contributed by atoms with E-state index in [0.29, 0.717) is 12.1 Å². The molecule has 1 rings (SSSR count). The number of hydrogen-bond acceptors (Lipinski definition) is 3. The first-order valence-corrected chi connectivity index (χ1v) is 5.36. The fraction of sp³-hybridized carbons (Fsp3) is 0.500. The van der Waals surface area contributed by atoms with Gasteiger partial charge in [-0.1, -0.05) is 20.8 Å². The predicted molar refractivity (Wildman–Crippen MR) is 64.0 cm³/mol. The molecule has 1 aromatic heterocycles. The number of nitrogens with one attached hydrogen (secondary N) is 1. The molecule has 0 bridgehead atoms. The van der Waals surface area contributed by atoms with Gasteiger partial charge in [0, 0.05) is 25.0 Å². The van der Waals surface area contributed by atoms with Crippen LogP contribution >= 0.6 is 0 Å². The van der Waals surface area contributed by atoms with E-state index in [9.17, 15) is 4.79 Å². The second-order valence-corrected chi connectivity index (χ2v) is 4.87. The maximum atomic E-state index is 11.9. The Bertz CT molecular complexity index is 343. The molecule has 1 amide bonds. The van der Waals surface area contributed by atoms with Crippen LogP contribution in [0.3, 0.4) is 0 Å². The van der Waals surface area contributed by atoms with Crippen LogP contribution in [-0.4, -0.2) is 23.5 Å². The second kappa shape index (κ2) is 5.07. The van der Waals surface area contributed by atoms with E-state index in [1.54, 1.807) is 24.5 Å². The van der Waals surface area contributed by atoms with E-state index in [4.69, 9.17) is 5.73 Å². The molecule has 0 aromatic carbocycles. The van der Waals surface area contributed by atoms with Gasteiger partial charge in [0.2, 0.25) is 0 Å². The van der Waals surface area contributed by atoms with Crippen LogP contribution in [0.15, 0.2) is 24.5 Å². The average molecular weight is 221 g/mol. The molecule has 88 valence electrons. The van der Waals surface area contributed by atoms with Crippen LogP contribution in [0.5, 0.6) is 0 Å². The Kier molecular flexibility index (Phi) is 4.01. The van der Waals surface area contributed by atoms with Crippen molar-refractivity contribution >= 4 is 5.91 Å². The molecular weight excluding hydrogens is 202 g/mol. The van der Waals surface area contributed by atoms with E-state index in [0.717, 1.165) is 0 Å². The van der Waals surface area contributed by atoms with Crippen molar-refractivity contribution in [3.8, 4) is 0 Å². The maximum Gasteiger partial charge on any atom is 0.253 e. The Morgan fingerprint density at radius 3 is 2.69 bits per heavy atom. The zero-order valence-electron chi connectivity index (χ0n) is 10.0. The molecule has 0 radical (unpaired) electrons. The minimum atomic E-state index is -0.126. The van der Waals surface area contributed by atoms with Crippen molar-refractivity contribution in [2.45, 2.75) is 26.8 Å². The quantitative estimate of drug-likeness (QED) is 0.805. The van der Waals surface area contributed by atoms with Gasteiger partial charge in [-0.25, -0.2) is 0 Å². The molecule has 1 aromatic rings. The van der Waals surface area contributed by atoms with E-state index >= 15 is 0 Å². The minimum absolute atomic E-state index is 0.0415. The summed E-state index contributed by atoms with van der Waals surface area (Å²) in [5, 5.41) is 2.92. The summed E-state index contributed by atoms with van der Waals surface area (Å²) in [5.74, 6) is -0.126. The van der Waals surface area contributed by atoms with Gasteiger partial charge in [0.05, 0.1) is 5.56 Å². The molecule has 4 nitrogen and oxygen atoms in total. The highest BCUT2D eigenvalue weighted by molar-refractivity contribution is 5.94. The van der Waals surface area contributed by atoms with Gasteiger partial charge in [0.15, 0.2) is 0 Å². The van der Waals surface area contributed by atoms with Crippen LogP contribution in [-0.2, 0) is 0 Å². The zero-order chi connectivity index (χ0) is 12.2. The lowest BCUT2D eigenvalue weighted by atomic mass is 9.86. The number of hydrogen-bond donors (Lipinski definition) is 2. The number of nitrogens with two attached hydrogens (primary N) is 1. The molecule has 16 heavy (non-hydrogen) atoms. The van der Waals surface area contributed by atoms with E-state index < -0.39 is 0 Å². The first kappa shape index (κ1) is 12.6. The third-order valence-corrected chi connectivity index (χ3v) is 2.51. The van der Waals surface area contributed by atoms with Crippen molar-refractivity contribution in [1.82, 2.24) is 10.3 Å². The van der Waals surface area contributed by atoms with Crippen LogP contribution in [0.2, 0.25) is 0 Å². The highest BCUT2D eigenvalue weighted by Crippen LogP contribution is 2.18. The maximum absolute atomic E-state index is 11.9. The topological polar surface area (TPSA) is 68.0 Å². The SMILES string of the molecule is CC(C)(C)C(CN)NC(=O)c1cccnc1. The van der Waals surface area contributed by atoms with Crippen molar-refractivity contribution < 1.29 is 4.79 Å². The fourth-order valence-corrected chi connectivity index (χ4v) is 1.37. The second-order valence-electron chi connectivity index (χ2n) is 4.87. The van der Waals surface area contributed by atoms with E-state index in [1.807, 2.05) is 20.8 Å². The van der Waals surface area contributed by atoms with E-state index in [-0.39, 0.29) is 17.4 Å². The van der Waals surface area contributed by atoms with Gasteiger partial charge in [-0.05, 0) is 17.5 Å². The average Bonchev–Trinajstić information content (AvgIpc) is 2.25. The molecular formula is C12H19N3O. The molecule has 0 spiro atoms. The number of amides is 1. The standard InChI is InChI=1S/C12H19N3O/c1-12(2,3)10(7-13)15-11(16)9-5-4-6-14-8-9/h4-6,8,10H,7,13H2,1-3H3,(H,15,16). The predicted octanol–water partition coefficient (Wildman–Crippen LogP) is 1.18. The molecule has 1 heterocycles. The molecule has 1 unspecified atom stereocenters. The van der Waals surface area contributed by atoms with Gasteiger partial charge in [0.1, 0.15) is 0 Å². The summed E-state index contributed by atoms with van der Waals surface area (Å²) in [4.78, 5) is 15.8. The van der Waals surface area contributed by atoms with E-state index in [2.05, 4.69) is 10.3 Å². The molecule has 0 saturated heterocycles. The van der Waals surface area contributed by atoms with Crippen LogP contribution in [0.25, 0.3) is 0 Å².